The van der Waals surface area contributed by atoms with E-state index in [1.807, 2.05) is 0 Å². The Labute approximate surface area is 122 Å². The molecule has 1 aromatic carbocycles. The van der Waals surface area contributed by atoms with Crippen LogP contribution in [0.1, 0.15) is 24.8 Å². The second-order valence-corrected chi connectivity index (χ2v) is 4.90. The van der Waals surface area contributed by atoms with Crippen LogP contribution in [0.3, 0.4) is 0 Å². The Balaban J connectivity index is 2.40. The van der Waals surface area contributed by atoms with Crippen LogP contribution in [-0.4, -0.2) is 29.2 Å². The molecule has 0 spiro atoms. The van der Waals surface area contributed by atoms with Gasteiger partial charge in [-0.05, 0) is 44.4 Å². The van der Waals surface area contributed by atoms with Crippen LogP contribution < -0.4 is 10.5 Å². The van der Waals surface area contributed by atoms with Gasteiger partial charge in [0.25, 0.3) is 5.69 Å². The van der Waals surface area contributed by atoms with Crippen LogP contribution >= 0.6 is 0 Å². The highest BCUT2D eigenvalue weighted by Gasteiger charge is 2.12. The maximum absolute atomic E-state index is 10.7. The monoisotopic (exact) mass is 296 g/mol. The molecule has 0 unspecified atom stereocenters. The molecule has 0 saturated carbocycles. The molecule has 0 amide bonds. The third-order valence-electron chi connectivity index (χ3n) is 3.19. The van der Waals surface area contributed by atoms with Gasteiger partial charge >= 0.3 is 5.97 Å². The molecule has 1 atom stereocenters. The van der Waals surface area contributed by atoms with Crippen molar-refractivity contribution in [2.45, 2.75) is 26.2 Å². The fourth-order valence-corrected chi connectivity index (χ4v) is 2.03. The number of nitro groups is 1. The second kappa shape index (κ2) is 8.21. The van der Waals surface area contributed by atoms with E-state index in [0.717, 1.165) is 0 Å². The lowest BCUT2D eigenvalue weighted by Crippen LogP contribution is -2.18. The Hall–Kier alpha value is -2.15. The Morgan fingerprint density at radius 1 is 1.52 bits per heavy atom. The van der Waals surface area contributed by atoms with Crippen molar-refractivity contribution < 1.29 is 19.6 Å². The number of nitro benzene ring substituents is 1. The van der Waals surface area contributed by atoms with Crippen LogP contribution in [0.15, 0.2) is 18.2 Å². The molecule has 1 rings (SSSR count). The number of aliphatic carboxylic acids is 1. The summed E-state index contributed by atoms with van der Waals surface area (Å²) in [5, 5.41) is 19.4. The van der Waals surface area contributed by atoms with Crippen LogP contribution in [-0.2, 0) is 4.79 Å². The topological polar surface area (TPSA) is 116 Å². The second-order valence-electron chi connectivity index (χ2n) is 4.90. The quantitative estimate of drug-likeness (QED) is 0.409. The Morgan fingerprint density at radius 2 is 2.24 bits per heavy atom. The van der Waals surface area contributed by atoms with Crippen molar-refractivity contribution in [2.24, 2.45) is 11.7 Å². The molecule has 116 valence electrons. The number of rotatable bonds is 9. The summed E-state index contributed by atoms with van der Waals surface area (Å²) in [4.78, 5) is 20.9. The summed E-state index contributed by atoms with van der Waals surface area (Å²) in [5.74, 6) is -0.331. The number of ether oxygens (including phenoxy) is 1. The lowest BCUT2D eigenvalue weighted by molar-refractivity contribution is -0.385. The molecule has 21 heavy (non-hydrogen) atoms. The van der Waals surface area contributed by atoms with E-state index in [2.05, 4.69) is 0 Å². The van der Waals surface area contributed by atoms with Crippen LogP contribution in [0.2, 0.25) is 0 Å². The van der Waals surface area contributed by atoms with Gasteiger partial charge in [0.1, 0.15) is 5.75 Å². The maximum atomic E-state index is 10.7. The fourth-order valence-electron chi connectivity index (χ4n) is 2.03. The molecule has 0 aromatic heterocycles. The minimum Gasteiger partial charge on any atom is -0.494 e. The van der Waals surface area contributed by atoms with Gasteiger partial charge in [0, 0.05) is 18.1 Å². The Bertz CT molecular complexity index is 504. The Morgan fingerprint density at radius 3 is 2.76 bits per heavy atom. The largest absolute Gasteiger partial charge is 0.494 e. The summed E-state index contributed by atoms with van der Waals surface area (Å²) < 4.78 is 5.51. The van der Waals surface area contributed by atoms with E-state index in [4.69, 9.17) is 15.6 Å². The average Bonchev–Trinajstić information content (AvgIpc) is 2.41. The van der Waals surface area contributed by atoms with Gasteiger partial charge in [-0.3, -0.25) is 14.9 Å². The summed E-state index contributed by atoms with van der Waals surface area (Å²) in [6.45, 7) is 2.42. The van der Waals surface area contributed by atoms with Gasteiger partial charge in [0.2, 0.25) is 0 Å². The summed E-state index contributed by atoms with van der Waals surface area (Å²) >= 11 is 0. The molecule has 3 N–H and O–H groups in total. The molecule has 7 heteroatoms. The van der Waals surface area contributed by atoms with E-state index in [-0.39, 0.29) is 18.0 Å². The molecule has 0 aliphatic rings. The van der Waals surface area contributed by atoms with Gasteiger partial charge < -0.3 is 15.6 Å². The maximum Gasteiger partial charge on any atom is 0.303 e. The van der Waals surface area contributed by atoms with Crippen molar-refractivity contribution in [3.8, 4) is 5.75 Å². The summed E-state index contributed by atoms with van der Waals surface area (Å²) in [6, 6.07) is 4.59. The number of nitrogens with two attached hydrogens (primary N) is 1. The molecular formula is C14H20N2O5. The highest BCUT2D eigenvalue weighted by atomic mass is 16.6. The van der Waals surface area contributed by atoms with E-state index in [9.17, 15) is 14.9 Å². The molecular weight excluding hydrogens is 276 g/mol. The highest BCUT2D eigenvalue weighted by Crippen LogP contribution is 2.23. The van der Waals surface area contributed by atoms with E-state index in [1.54, 1.807) is 19.1 Å². The smallest absolute Gasteiger partial charge is 0.303 e. The van der Waals surface area contributed by atoms with Crippen molar-refractivity contribution in [2.75, 3.05) is 13.2 Å². The molecule has 0 radical (unpaired) electrons. The summed E-state index contributed by atoms with van der Waals surface area (Å²) in [6.07, 6.45) is 1.42. The first kappa shape index (κ1) is 16.9. The normalized spacial score (nSPS) is 11.9. The van der Waals surface area contributed by atoms with E-state index in [0.29, 0.717) is 37.3 Å². The molecule has 7 nitrogen and oxygen atoms in total. The predicted molar refractivity (Wildman–Crippen MR) is 77.4 cm³/mol. The number of hydrogen-bond acceptors (Lipinski definition) is 5. The zero-order valence-electron chi connectivity index (χ0n) is 11.9. The van der Waals surface area contributed by atoms with Crippen LogP contribution in [0.4, 0.5) is 5.69 Å². The third-order valence-corrected chi connectivity index (χ3v) is 3.19. The summed E-state index contributed by atoms with van der Waals surface area (Å²) in [7, 11) is 0. The SMILES string of the molecule is Cc1cc(OCCC[C@H](CN)CC(=O)O)ccc1[N+](=O)[O-]. The predicted octanol–water partition coefficient (Wildman–Crippen LogP) is 2.11. The van der Waals surface area contributed by atoms with Crippen LogP contribution in [0.5, 0.6) is 5.75 Å². The van der Waals surface area contributed by atoms with Crippen molar-refractivity contribution in [1.29, 1.82) is 0 Å². The minimum absolute atomic E-state index is 0.0512. The molecule has 0 heterocycles. The minimum atomic E-state index is -0.850. The van der Waals surface area contributed by atoms with Gasteiger partial charge in [-0.15, -0.1) is 0 Å². The van der Waals surface area contributed by atoms with Gasteiger partial charge in [0.15, 0.2) is 0 Å². The molecule has 0 bridgehead atoms. The zero-order valence-corrected chi connectivity index (χ0v) is 11.9. The molecule has 1 aromatic rings. The van der Waals surface area contributed by atoms with Crippen molar-refractivity contribution in [1.82, 2.24) is 0 Å². The van der Waals surface area contributed by atoms with Crippen LogP contribution in [0.25, 0.3) is 0 Å². The Kier molecular flexibility index (Phi) is 6.61. The zero-order chi connectivity index (χ0) is 15.8. The van der Waals surface area contributed by atoms with Gasteiger partial charge in [-0.2, -0.15) is 0 Å². The third kappa shape index (κ3) is 5.78. The standard InChI is InChI=1S/C14H20N2O5/c1-10-7-12(4-5-13(10)16(19)20)21-6-2-3-11(9-15)8-14(17)18/h4-5,7,11H,2-3,6,8-9,15H2,1H3,(H,17,18)/t11-/m0/s1. The lowest BCUT2D eigenvalue weighted by Gasteiger charge is -2.12. The molecule has 0 aliphatic carbocycles. The first-order valence-electron chi connectivity index (χ1n) is 6.73. The summed E-state index contributed by atoms with van der Waals surface area (Å²) in [5.41, 5.74) is 6.12. The molecule has 0 aliphatic heterocycles. The van der Waals surface area contributed by atoms with Crippen molar-refractivity contribution >= 4 is 11.7 Å². The average molecular weight is 296 g/mol. The number of carboxylic acid groups (broad SMARTS) is 1. The molecule has 0 saturated heterocycles. The van der Waals surface area contributed by atoms with Gasteiger partial charge in [-0.25, -0.2) is 0 Å². The van der Waals surface area contributed by atoms with Gasteiger partial charge in [0.05, 0.1) is 11.5 Å². The number of carboxylic acids is 1. The first-order valence-corrected chi connectivity index (χ1v) is 6.73. The number of carbonyl (C=O) groups is 1. The molecule has 0 fully saturated rings. The number of benzene rings is 1. The van der Waals surface area contributed by atoms with E-state index < -0.39 is 10.9 Å². The number of nitrogens with zero attached hydrogens (tertiary/aromatic N) is 1. The number of aryl methyl sites for hydroxylation is 1. The fraction of sp³-hybridized carbons (Fsp3) is 0.500. The first-order chi connectivity index (χ1) is 9.93. The van der Waals surface area contributed by atoms with Crippen molar-refractivity contribution in [3.63, 3.8) is 0 Å². The lowest BCUT2D eigenvalue weighted by atomic mass is 10.00. The highest BCUT2D eigenvalue weighted by molar-refractivity contribution is 5.67. The van der Waals surface area contributed by atoms with E-state index in [1.165, 1.54) is 6.07 Å². The van der Waals surface area contributed by atoms with Crippen molar-refractivity contribution in [3.05, 3.63) is 33.9 Å². The van der Waals surface area contributed by atoms with Crippen LogP contribution in [0, 0.1) is 23.0 Å². The van der Waals surface area contributed by atoms with Gasteiger partial charge in [-0.1, -0.05) is 0 Å². The number of hydrogen-bond donors (Lipinski definition) is 2. The van der Waals surface area contributed by atoms with E-state index >= 15 is 0 Å².